The van der Waals surface area contributed by atoms with Crippen molar-refractivity contribution < 1.29 is 13.6 Å². The highest BCUT2D eigenvalue weighted by Gasteiger charge is 2.27. The van der Waals surface area contributed by atoms with Crippen LogP contribution in [-0.4, -0.2) is 15.5 Å². The number of aryl methyl sites for hydroxylation is 2. The van der Waals surface area contributed by atoms with Crippen LogP contribution in [0.25, 0.3) is 21.7 Å². The molecule has 3 aromatic carbocycles. The first kappa shape index (κ1) is 19.1. The van der Waals surface area contributed by atoms with Crippen molar-refractivity contribution in [1.82, 2.24) is 14.9 Å². The lowest BCUT2D eigenvalue weighted by Crippen LogP contribution is -2.31. The molecule has 154 valence electrons. The minimum atomic E-state index is -0.766. The number of imidazole rings is 1. The third-order valence-corrected chi connectivity index (χ3v) is 5.64. The number of furan rings is 1. The van der Waals surface area contributed by atoms with E-state index >= 15 is 0 Å². The maximum absolute atomic E-state index is 14.6. The molecule has 1 amide bonds. The molecule has 2 aromatic heterocycles. The van der Waals surface area contributed by atoms with E-state index in [4.69, 9.17) is 4.42 Å². The van der Waals surface area contributed by atoms with E-state index in [-0.39, 0.29) is 5.76 Å². The molecule has 2 heterocycles. The molecule has 1 N–H and O–H groups in total. The summed E-state index contributed by atoms with van der Waals surface area (Å²) in [7, 11) is 1.81. The molecule has 0 saturated heterocycles. The number of carbonyl (C=O) groups is 1. The van der Waals surface area contributed by atoms with Crippen molar-refractivity contribution in [2.24, 2.45) is 7.05 Å². The summed E-state index contributed by atoms with van der Waals surface area (Å²) in [5.74, 6) is -0.100. The Hall–Kier alpha value is -3.93. The normalized spacial score (nSPS) is 12.4. The topological polar surface area (TPSA) is 60.1 Å². The van der Waals surface area contributed by atoms with Gasteiger partial charge >= 0.3 is 0 Å². The van der Waals surface area contributed by atoms with E-state index in [2.05, 4.69) is 10.3 Å². The Morgan fingerprint density at radius 2 is 1.84 bits per heavy atom. The Kier molecular flexibility index (Phi) is 4.55. The smallest absolute Gasteiger partial charge is 0.288 e. The monoisotopic (exact) mass is 413 g/mol. The number of aromatic nitrogens is 2. The fraction of sp³-hybridized carbons (Fsp3) is 0.120. The van der Waals surface area contributed by atoms with Crippen LogP contribution >= 0.6 is 0 Å². The van der Waals surface area contributed by atoms with Crippen LogP contribution in [0.4, 0.5) is 4.39 Å². The van der Waals surface area contributed by atoms with Crippen molar-refractivity contribution >= 4 is 27.6 Å². The SMILES string of the molecule is Cc1c(C(=O)NC(c2ccccc2F)c2nccn2C)oc2c1ccc1ccccc12. The largest absolute Gasteiger partial charge is 0.450 e. The Labute approximate surface area is 178 Å². The highest BCUT2D eigenvalue weighted by molar-refractivity contribution is 6.08. The number of rotatable bonds is 4. The first-order valence-corrected chi connectivity index (χ1v) is 9.98. The van der Waals surface area contributed by atoms with Crippen LogP contribution in [0.15, 0.2) is 77.5 Å². The average molecular weight is 413 g/mol. The summed E-state index contributed by atoms with van der Waals surface area (Å²) in [5.41, 5.74) is 1.75. The van der Waals surface area contributed by atoms with Gasteiger partial charge in [0, 0.05) is 41.3 Å². The van der Waals surface area contributed by atoms with E-state index in [9.17, 15) is 9.18 Å². The number of fused-ring (bicyclic) bond motifs is 3. The molecule has 5 nitrogen and oxygen atoms in total. The van der Waals surface area contributed by atoms with E-state index in [1.54, 1.807) is 42.2 Å². The highest BCUT2D eigenvalue weighted by Crippen LogP contribution is 2.32. The number of benzene rings is 3. The van der Waals surface area contributed by atoms with E-state index in [0.29, 0.717) is 17.0 Å². The fourth-order valence-electron chi connectivity index (χ4n) is 4.01. The molecule has 0 aliphatic rings. The third-order valence-electron chi connectivity index (χ3n) is 5.64. The maximum Gasteiger partial charge on any atom is 0.288 e. The van der Waals surface area contributed by atoms with Crippen LogP contribution in [0.3, 0.4) is 0 Å². The predicted molar refractivity (Wildman–Crippen MR) is 117 cm³/mol. The van der Waals surface area contributed by atoms with Crippen molar-refractivity contribution in [2.75, 3.05) is 0 Å². The Balaban J connectivity index is 1.59. The number of hydrogen-bond acceptors (Lipinski definition) is 3. The molecule has 31 heavy (non-hydrogen) atoms. The van der Waals surface area contributed by atoms with Gasteiger partial charge in [-0.2, -0.15) is 0 Å². The molecule has 0 radical (unpaired) electrons. The average Bonchev–Trinajstić information content (AvgIpc) is 3.36. The van der Waals surface area contributed by atoms with Gasteiger partial charge in [-0.25, -0.2) is 9.37 Å². The van der Waals surface area contributed by atoms with Crippen LogP contribution in [0.2, 0.25) is 0 Å². The Morgan fingerprint density at radius 1 is 1.06 bits per heavy atom. The van der Waals surface area contributed by atoms with Gasteiger partial charge in [0.1, 0.15) is 23.3 Å². The molecule has 0 aliphatic heterocycles. The number of carbonyl (C=O) groups excluding carboxylic acids is 1. The molecule has 6 heteroatoms. The molecule has 0 fully saturated rings. The maximum atomic E-state index is 14.6. The van der Waals surface area contributed by atoms with Crippen molar-refractivity contribution in [3.8, 4) is 0 Å². The molecule has 1 unspecified atom stereocenters. The molecule has 0 saturated carbocycles. The zero-order valence-corrected chi connectivity index (χ0v) is 17.1. The van der Waals surface area contributed by atoms with Crippen LogP contribution in [0.1, 0.15) is 33.5 Å². The van der Waals surface area contributed by atoms with Crippen LogP contribution < -0.4 is 5.32 Å². The van der Waals surface area contributed by atoms with Gasteiger partial charge in [0.15, 0.2) is 5.76 Å². The molecule has 5 rings (SSSR count). The summed E-state index contributed by atoms with van der Waals surface area (Å²) in [6.45, 7) is 1.86. The van der Waals surface area contributed by atoms with Gasteiger partial charge in [-0.15, -0.1) is 0 Å². The second-order valence-corrected chi connectivity index (χ2v) is 7.54. The second-order valence-electron chi connectivity index (χ2n) is 7.54. The first-order valence-electron chi connectivity index (χ1n) is 9.98. The van der Waals surface area contributed by atoms with Gasteiger partial charge in [-0.05, 0) is 18.4 Å². The number of amides is 1. The summed E-state index contributed by atoms with van der Waals surface area (Å²) in [6.07, 6.45) is 3.38. The van der Waals surface area contributed by atoms with Crippen molar-refractivity contribution in [1.29, 1.82) is 0 Å². The Bertz CT molecular complexity index is 1430. The molecule has 0 aliphatic carbocycles. The van der Waals surface area contributed by atoms with Crippen molar-refractivity contribution in [3.63, 3.8) is 0 Å². The lowest BCUT2D eigenvalue weighted by atomic mass is 10.0. The Morgan fingerprint density at radius 3 is 2.61 bits per heavy atom. The summed E-state index contributed by atoms with van der Waals surface area (Å²) >= 11 is 0. The summed E-state index contributed by atoms with van der Waals surface area (Å²) < 4.78 is 22.4. The number of halogens is 1. The van der Waals surface area contributed by atoms with Crippen LogP contribution in [0.5, 0.6) is 0 Å². The van der Waals surface area contributed by atoms with E-state index in [1.165, 1.54) is 6.07 Å². The summed E-state index contributed by atoms with van der Waals surface area (Å²) in [4.78, 5) is 17.6. The second kappa shape index (κ2) is 7.40. The van der Waals surface area contributed by atoms with Gasteiger partial charge in [0.2, 0.25) is 0 Å². The highest BCUT2D eigenvalue weighted by atomic mass is 19.1. The molecule has 0 spiro atoms. The number of nitrogens with zero attached hydrogens (tertiary/aromatic N) is 2. The fourth-order valence-corrected chi connectivity index (χ4v) is 4.01. The zero-order chi connectivity index (χ0) is 21.5. The molecular weight excluding hydrogens is 393 g/mol. The minimum absolute atomic E-state index is 0.210. The molecule has 5 aromatic rings. The van der Waals surface area contributed by atoms with Crippen LogP contribution in [0, 0.1) is 12.7 Å². The minimum Gasteiger partial charge on any atom is -0.450 e. The molecule has 1 atom stereocenters. The third kappa shape index (κ3) is 3.17. The summed E-state index contributed by atoms with van der Waals surface area (Å²) in [5, 5.41) is 5.78. The van der Waals surface area contributed by atoms with Gasteiger partial charge < -0.3 is 14.3 Å². The number of hydrogen-bond donors (Lipinski definition) is 1. The van der Waals surface area contributed by atoms with Gasteiger partial charge in [0.25, 0.3) is 5.91 Å². The van der Waals surface area contributed by atoms with Crippen molar-refractivity contribution in [3.05, 3.63) is 102 Å². The quantitative estimate of drug-likeness (QED) is 0.436. The van der Waals surface area contributed by atoms with Gasteiger partial charge in [-0.1, -0.05) is 54.6 Å². The van der Waals surface area contributed by atoms with Gasteiger partial charge in [0.05, 0.1) is 0 Å². The number of nitrogens with one attached hydrogen (secondary N) is 1. The van der Waals surface area contributed by atoms with E-state index in [1.807, 2.05) is 43.3 Å². The first-order chi connectivity index (χ1) is 15.0. The van der Waals surface area contributed by atoms with Crippen LogP contribution in [-0.2, 0) is 7.05 Å². The van der Waals surface area contributed by atoms with Crippen molar-refractivity contribution in [2.45, 2.75) is 13.0 Å². The predicted octanol–water partition coefficient (Wildman–Crippen LogP) is 5.29. The molecule has 0 bridgehead atoms. The van der Waals surface area contributed by atoms with Gasteiger partial charge in [-0.3, -0.25) is 4.79 Å². The standard InChI is InChI=1S/C25H20FN3O2/c1-15-17-12-11-16-7-3-4-8-18(16)23(17)31-22(15)25(30)28-21(24-27-13-14-29(24)2)19-9-5-6-10-20(19)26/h3-14,21H,1-2H3,(H,28,30). The lowest BCUT2D eigenvalue weighted by Gasteiger charge is -2.19. The summed E-state index contributed by atoms with van der Waals surface area (Å²) in [6, 6.07) is 17.4. The zero-order valence-electron chi connectivity index (χ0n) is 17.1. The molecular formula is C25H20FN3O2. The van der Waals surface area contributed by atoms with E-state index in [0.717, 1.165) is 21.7 Å². The lowest BCUT2D eigenvalue weighted by molar-refractivity contribution is 0.0914. The van der Waals surface area contributed by atoms with E-state index < -0.39 is 17.8 Å².